The Morgan fingerprint density at radius 3 is 2.43 bits per heavy atom. The van der Waals surface area contributed by atoms with Gasteiger partial charge in [0, 0.05) is 11.6 Å². The van der Waals surface area contributed by atoms with Gasteiger partial charge >= 0.3 is 0 Å². The number of phenolic OH excluding ortho intramolecular Hbond substituents is 2. The first-order valence-corrected chi connectivity index (χ1v) is 8.76. The topological polar surface area (TPSA) is 40.5 Å². The number of aryl methyl sites for hydroxylation is 1. The van der Waals surface area contributed by atoms with E-state index in [1.807, 2.05) is 0 Å². The zero-order valence-corrected chi connectivity index (χ0v) is 15.2. The monoisotopic (exact) mass is 316 g/mol. The molecule has 0 radical (unpaired) electrons. The summed E-state index contributed by atoms with van der Waals surface area (Å²) in [6.45, 7) is 8.57. The first-order valence-electron chi connectivity index (χ1n) is 8.76. The highest BCUT2D eigenvalue weighted by atomic mass is 16.3. The fourth-order valence-electron chi connectivity index (χ4n) is 2.69. The molecule has 0 aliphatic carbocycles. The Bertz CT molecular complexity index is 549. The second kappa shape index (κ2) is 10.1. The first-order chi connectivity index (χ1) is 10.9. The molecule has 23 heavy (non-hydrogen) atoms. The minimum atomic E-state index is 0.155. The predicted octanol–water partition coefficient (Wildman–Crippen LogP) is 6.07. The summed E-state index contributed by atoms with van der Waals surface area (Å²) in [5.41, 5.74) is 4.73. The third kappa shape index (κ3) is 7.40. The predicted molar refractivity (Wildman–Crippen MR) is 99.1 cm³/mol. The minimum Gasteiger partial charge on any atom is -0.508 e. The normalized spacial score (nSPS) is 11.6. The van der Waals surface area contributed by atoms with Crippen molar-refractivity contribution in [2.45, 2.75) is 72.6 Å². The summed E-state index contributed by atoms with van der Waals surface area (Å²) >= 11 is 0. The van der Waals surface area contributed by atoms with Crippen LogP contribution in [0.25, 0.3) is 0 Å². The van der Waals surface area contributed by atoms with E-state index in [0.29, 0.717) is 0 Å². The average molecular weight is 316 g/mol. The standard InChI is InChI=1S/C21H32O2/c1-5-6-7-11-18-14-19(22)15-21(23)20(18)13-12-17(4)10-8-9-16(2)3/h9,12,14-15,22-23H,5-8,10-11,13H2,1-4H3/b17-12+. The highest BCUT2D eigenvalue weighted by Gasteiger charge is 2.09. The summed E-state index contributed by atoms with van der Waals surface area (Å²) in [4.78, 5) is 0. The largest absolute Gasteiger partial charge is 0.508 e. The number of aromatic hydroxyl groups is 2. The van der Waals surface area contributed by atoms with Crippen LogP contribution in [0.1, 0.15) is 70.9 Å². The molecule has 2 N–H and O–H groups in total. The van der Waals surface area contributed by atoms with Gasteiger partial charge in [-0.1, -0.05) is 43.1 Å². The van der Waals surface area contributed by atoms with E-state index in [1.165, 1.54) is 30.1 Å². The molecule has 0 spiro atoms. The Kier molecular flexibility index (Phi) is 8.53. The van der Waals surface area contributed by atoms with Gasteiger partial charge in [0.1, 0.15) is 11.5 Å². The van der Waals surface area contributed by atoms with E-state index in [-0.39, 0.29) is 11.5 Å². The molecule has 0 atom stereocenters. The van der Waals surface area contributed by atoms with Crippen molar-refractivity contribution < 1.29 is 10.2 Å². The quantitative estimate of drug-likeness (QED) is 0.429. The molecule has 1 aromatic carbocycles. The molecule has 128 valence electrons. The van der Waals surface area contributed by atoms with E-state index in [1.54, 1.807) is 6.07 Å². The van der Waals surface area contributed by atoms with Crippen LogP contribution in [0, 0.1) is 0 Å². The number of benzene rings is 1. The van der Waals surface area contributed by atoms with E-state index in [4.69, 9.17) is 0 Å². The van der Waals surface area contributed by atoms with Crippen LogP contribution in [0.3, 0.4) is 0 Å². The van der Waals surface area contributed by atoms with Crippen LogP contribution in [0.4, 0.5) is 0 Å². The molecule has 1 rings (SSSR count). The number of hydrogen-bond acceptors (Lipinski definition) is 2. The third-order valence-corrected chi connectivity index (χ3v) is 4.10. The molecule has 0 saturated carbocycles. The molecule has 2 heteroatoms. The van der Waals surface area contributed by atoms with E-state index < -0.39 is 0 Å². The Hall–Kier alpha value is -1.70. The number of allylic oxidation sites excluding steroid dienone is 4. The SMILES string of the molecule is CCCCCc1cc(O)cc(O)c1C/C=C(\C)CCC=C(C)C. The zero-order chi connectivity index (χ0) is 17.2. The maximum absolute atomic E-state index is 10.2. The van der Waals surface area contributed by atoms with Crippen LogP contribution in [-0.4, -0.2) is 10.2 Å². The molecule has 2 nitrogen and oxygen atoms in total. The minimum absolute atomic E-state index is 0.155. The van der Waals surface area contributed by atoms with Crippen LogP contribution in [0.5, 0.6) is 11.5 Å². The molecule has 0 fully saturated rings. The summed E-state index contributed by atoms with van der Waals surface area (Å²) < 4.78 is 0. The fraction of sp³-hybridized carbons (Fsp3) is 0.524. The van der Waals surface area contributed by atoms with Crippen molar-refractivity contribution >= 4 is 0 Å². The van der Waals surface area contributed by atoms with E-state index in [2.05, 4.69) is 39.8 Å². The molecular weight excluding hydrogens is 284 g/mol. The van der Waals surface area contributed by atoms with Gasteiger partial charge in [0.2, 0.25) is 0 Å². The van der Waals surface area contributed by atoms with Gasteiger partial charge in [-0.3, -0.25) is 0 Å². The van der Waals surface area contributed by atoms with E-state index in [9.17, 15) is 10.2 Å². The highest BCUT2D eigenvalue weighted by Crippen LogP contribution is 2.29. The maximum atomic E-state index is 10.2. The number of hydrogen-bond donors (Lipinski definition) is 2. The molecular formula is C21H32O2. The number of rotatable bonds is 9. The van der Waals surface area contributed by atoms with Crippen molar-refractivity contribution in [3.63, 3.8) is 0 Å². The molecule has 0 aromatic heterocycles. The summed E-state index contributed by atoms with van der Waals surface area (Å²) in [6.07, 6.45) is 11.7. The molecule has 0 saturated heterocycles. The van der Waals surface area contributed by atoms with Crippen molar-refractivity contribution in [1.29, 1.82) is 0 Å². The van der Waals surface area contributed by atoms with Gasteiger partial charge in [-0.25, -0.2) is 0 Å². The molecule has 0 unspecified atom stereocenters. The van der Waals surface area contributed by atoms with E-state index >= 15 is 0 Å². The summed E-state index contributed by atoms with van der Waals surface area (Å²) in [7, 11) is 0. The highest BCUT2D eigenvalue weighted by molar-refractivity contribution is 5.46. The zero-order valence-electron chi connectivity index (χ0n) is 15.2. The lowest BCUT2D eigenvalue weighted by atomic mass is 9.96. The Balaban J connectivity index is 2.79. The van der Waals surface area contributed by atoms with Crippen molar-refractivity contribution in [1.82, 2.24) is 0 Å². The molecule has 0 aliphatic heterocycles. The lowest BCUT2D eigenvalue weighted by Crippen LogP contribution is -1.95. The van der Waals surface area contributed by atoms with Crippen molar-refractivity contribution in [3.05, 3.63) is 46.6 Å². The van der Waals surface area contributed by atoms with Crippen molar-refractivity contribution in [2.75, 3.05) is 0 Å². The van der Waals surface area contributed by atoms with Crippen LogP contribution < -0.4 is 0 Å². The van der Waals surface area contributed by atoms with Gasteiger partial charge in [-0.2, -0.15) is 0 Å². The number of unbranched alkanes of at least 4 members (excludes halogenated alkanes) is 2. The van der Waals surface area contributed by atoms with Gasteiger partial charge in [0.05, 0.1) is 0 Å². The molecule has 0 heterocycles. The van der Waals surface area contributed by atoms with E-state index in [0.717, 1.165) is 43.2 Å². The third-order valence-electron chi connectivity index (χ3n) is 4.10. The van der Waals surface area contributed by atoms with Gasteiger partial charge in [-0.15, -0.1) is 0 Å². The molecule has 0 bridgehead atoms. The second-order valence-corrected chi connectivity index (χ2v) is 6.63. The second-order valence-electron chi connectivity index (χ2n) is 6.63. The van der Waals surface area contributed by atoms with Crippen molar-refractivity contribution in [2.24, 2.45) is 0 Å². The summed E-state index contributed by atoms with van der Waals surface area (Å²) in [6, 6.07) is 3.25. The Morgan fingerprint density at radius 1 is 1.04 bits per heavy atom. The lowest BCUT2D eigenvalue weighted by molar-refractivity contribution is 0.445. The van der Waals surface area contributed by atoms with Gasteiger partial charge in [0.25, 0.3) is 0 Å². The molecule has 0 amide bonds. The van der Waals surface area contributed by atoms with Crippen molar-refractivity contribution in [3.8, 4) is 11.5 Å². The van der Waals surface area contributed by atoms with Crippen LogP contribution in [0.2, 0.25) is 0 Å². The average Bonchev–Trinajstić information content (AvgIpc) is 2.46. The van der Waals surface area contributed by atoms with Gasteiger partial charge < -0.3 is 10.2 Å². The Morgan fingerprint density at radius 2 is 1.78 bits per heavy atom. The van der Waals surface area contributed by atoms with Crippen LogP contribution >= 0.6 is 0 Å². The first kappa shape index (κ1) is 19.3. The van der Waals surface area contributed by atoms with Gasteiger partial charge in [0.15, 0.2) is 0 Å². The van der Waals surface area contributed by atoms with Crippen LogP contribution in [0.15, 0.2) is 35.4 Å². The number of phenols is 2. The molecule has 0 aliphatic rings. The van der Waals surface area contributed by atoms with Gasteiger partial charge in [-0.05, 0) is 64.5 Å². The fourth-order valence-corrected chi connectivity index (χ4v) is 2.69. The maximum Gasteiger partial charge on any atom is 0.123 e. The summed E-state index contributed by atoms with van der Waals surface area (Å²) in [5, 5.41) is 19.9. The Labute approximate surface area is 141 Å². The summed E-state index contributed by atoms with van der Waals surface area (Å²) in [5.74, 6) is 0.367. The lowest BCUT2D eigenvalue weighted by Gasteiger charge is -2.11. The smallest absolute Gasteiger partial charge is 0.123 e. The molecule has 1 aromatic rings. The van der Waals surface area contributed by atoms with Crippen LogP contribution in [-0.2, 0) is 12.8 Å².